The first-order valence-electron chi connectivity index (χ1n) is 5.75. The van der Waals surface area contributed by atoms with E-state index in [0.29, 0.717) is 17.8 Å². The molecule has 0 radical (unpaired) electrons. The molecule has 1 fully saturated rings. The van der Waals surface area contributed by atoms with Crippen molar-refractivity contribution in [2.75, 3.05) is 6.66 Å². The van der Waals surface area contributed by atoms with E-state index in [0.717, 1.165) is 6.42 Å². The largest absolute Gasteiger partial charge is 0.314 e. The number of hydrogen-bond donors (Lipinski definition) is 0. The molecule has 2 nitrogen and oxygen atoms in total. The summed E-state index contributed by atoms with van der Waals surface area (Å²) in [5.74, 6) is 1.74. The minimum absolute atomic E-state index is 0.0853. The van der Waals surface area contributed by atoms with Crippen LogP contribution in [0.5, 0.6) is 0 Å². The van der Waals surface area contributed by atoms with Gasteiger partial charge >= 0.3 is 0 Å². The first-order chi connectivity index (χ1) is 6.79. The van der Waals surface area contributed by atoms with Crippen LogP contribution in [0.3, 0.4) is 0 Å². The zero-order chi connectivity index (χ0) is 11.6. The topological polar surface area (TPSA) is 26.3 Å². The van der Waals surface area contributed by atoms with Crippen LogP contribution in [0, 0.1) is 17.8 Å². The molecule has 0 N–H and O–H groups in total. The Morgan fingerprint density at radius 3 is 2.47 bits per heavy atom. The second kappa shape index (κ2) is 5.21. The lowest BCUT2D eigenvalue weighted by molar-refractivity contribution is 0.0516. The van der Waals surface area contributed by atoms with Crippen LogP contribution in [-0.4, -0.2) is 12.8 Å². The van der Waals surface area contributed by atoms with E-state index in [1.54, 1.807) is 0 Å². The van der Waals surface area contributed by atoms with Gasteiger partial charge in [0.1, 0.15) is 0 Å². The van der Waals surface area contributed by atoms with E-state index in [-0.39, 0.29) is 6.10 Å². The van der Waals surface area contributed by atoms with E-state index in [4.69, 9.17) is 15.8 Å². The van der Waals surface area contributed by atoms with E-state index in [1.165, 1.54) is 19.5 Å². The van der Waals surface area contributed by atoms with Crippen molar-refractivity contribution in [1.29, 1.82) is 0 Å². The van der Waals surface area contributed by atoms with Crippen molar-refractivity contribution < 1.29 is 9.09 Å². The second-order valence-corrected chi connectivity index (χ2v) is 8.76. The lowest BCUT2D eigenvalue weighted by atomic mass is 9.75. The van der Waals surface area contributed by atoms with Crippen LogP contribution in [0.4, 0.5) is 0 Å². The molecular formula is C11H22ClO2P. The zero-order valence-electron chi connectivity index (χ0n) is 10.1. The van der Waals surface area contributed by atoms with Crippen molar-refractivity contribution in [3.05, 3.63) is 0 Å². The third-order valence-corrected chi connectivity index (χ3v) is 4.17. The maximum atomic E-state index is 11.5. The fraction of sp³-hybridized carbons (Fsp3) is 1.00. The van der Waals surface area contributed by atoms with E-state index in [2.05, 4.69) is 20.8 Å². The molecule has 1 aliphatic carbocycles. The molecule has 1 aliphatic rings. The van der Waals surface area contributed by atoms with Crippen LogP contribution < -0.4 is 0 Å². The van der Waals surface area contributed by atoms with Crippen molar-refractivity contribution in [2.24, 2.45) is 17.8 Å². The van der Waals surface area contributed by atoms with E-state index >= 15 is 0 Å². The van der Waals surface area contributed by atoms with Gasteiger partial charge in [-0.2, -0.15) is 0 Å². The lowest BCUT2D eigenvalue weighted by Gasteiger charge is -2.37. The van der Waals surface area contributed by atoms with Gasteiger partial charge in [0, 0.05) is 6.66 Å². The van der Waals surface area contributed by atoms with Crippen molar-refractivity contribution in [2.45, 2.75) is 46.1 Å². The molecular weight excluding hydrogens is 231 g/mol. The summed E-state index contributed by atoms with van der Waals surface area (Å²) >= 11 is 5.72. The molecule has 4 atom stereocenters. The Labute approximate surface area is 98.0 Å². The molecule has 1 unspecified atom stereocenters. The van der Waals surface area contributed by atoms with Gasteiger partial charge in [0.25, 0.3) is 6.72 Å². The predicted molar refractivity (Wildman–Crippen MR) is 65.6 cm³/mol. The van der Waals surface area contributed by atoms with E-state index in [1.807, 2.05) is 0 Å². The van der Waals surface area contributed by atoms with Crippen molar-refractivity contribution in [1.82, 2.24) is 0 Å². The summed E-state index contributed by atoms with van der Waals surface area (Å²) in [7, 11) is 0. The first kappa shape index (κ1) is 13.5. The predicted octanol–water partition coefficient (Wildman–Crippen LogP) is 4.53. The maximum Gasteiger partial charge on any atom is 0.287 e. The average Bonchev–Trinajstić information content (AvgIpc) is 1.99. The first-order valence-corrected chi connectivity index (χ1v) is 8.73. The van der Waals surface area contributed by atoms with E-state index in [9.17, 15) is 4.57 Å². The third-order valence-electron chi connectivity index (χ3n) is 3.28. The molecule has 0 aromatic rings. The molecule has 1 saturated carbocycles. The average molecular weight is 253 g/mol. The Morgan fingerprint density at radius 1 is 1.40 bits per heavy atom. The van der Waals surface area contributed by atoms with Gasteiger partial charge in [-0.05, 0) is 41.8 Å². The van der Waals surface area contributed by atoms with Crippen molar-refractivity contribution in [3.63, 3.8) is 0 Å². The van der Waals surface area contributed by atoms with Gasteiger partial charge in [-0.25, -0.2) is 0 Å². The monoisotopic (exact) mass is 252 g/mol. The number of rotatable bonds is 3. The molecule has 0 aliphatic heterocycles. The molecule has 0 amide bonds. The molecule has 0 bridgehead atoms. The van der Waals surface area contributed by atoms with Crippen LogP contribution in [0.2, 0.25) is 0 Å². The third kappa shape index (κ3) is 4.46. The summed E-state index contributed by atoms with van der Waals surface area (Å²) in [6.45, 7) is 5.25. The van der Waals surface area contributed by atoms with Crippen molar-refractivity contribution in [3.8, 4) is 0 Å². The van der Waals surface area contributed by atoms with Crippen molar-refractivity contribution >= 4 is 18.0 Å². The van der Waals surface area contributed by atoms with Gasteiger partial charge in [-0.3, -0.25) is 4.57 Å². The smallest absolute Gasteiger partial charge is 0.287 e. The molecule has 0 saturated heterocycles. The molecule has 4 heteroatoms. The highest BCUT2D eigenvalue weighted by Crippen LogP contribution is 2.52. The zero-order valence-corrected chi connectivity index (χ0v) is 11.7. The summed E-state index contributed by atoms with van der Waals surface area (Å²) < 4.78 is 17.0. The highest BCUT2D eigenvalue weighted by atomic mass is 35.7. The molecule has 90 valence electrons. The SMILES string of the molecule is CC(C)[C@@H]1CC[C@@H](C)C[C@H]1OP(C)(=O)Cl. The second-order valence-electron chi connectivity index (χ2n) is 5.22. The van der Waals surface area contributed by atoms with Crippen LogP contribution in [0.15, 0.2) is 0 Å². The normalized spacial score (nSPS) is 36.5. The minimum Gasteiger partial charge on any atom is -0.314 e. The number of hydrogen-bond acceptors (Lipinski definition) is 2. The van der Waals surface area contributed by atoms with Crippen LogP contribution >= 0.6 is 18.0 Å². The standard InChI is InChI=1S/C11H22ClO2P/c1-8(2)10-6-5-9(3)7-11(10)14-15(4,12)13/h8-11H,5-7H2,1-4H3/t9-,10+,11-,15?/m1/s1. The summed E-state index contributed by atoms with van der Waals surface area (Å²) in [5, 5.41) is 0. The van der Waals surface area contributed by atoms with Crippen LogP contribution in [-0.2, 0) is 9.09 Å². The highest BCUT2D eigenvalue weighted by Gasteiger charge is 2.34. The molecule has 0 heterocycles. The van der Waals surface area contributed by atoms with Gasteiger partial charge < -0.3 is 4.52 Å². The molecule has 0 spiro atoms. The molecule has 15 heavy (non-hydrogen) atoms. The Morgan fingerprint density at radius 2 is 2.00 bits per heavy atom. The molecule has 0 aromatic heterocycles. The summed E-state index contributed by atoms with van der Waals surface area (Å²) in [4.78, 5) is 0. The van der Waals surface area contributed by atoms with Gasteiger partial charge in [0.05, 0.1) is 6.10 Å². The van der Waals surface area contributed by atoms with Crippen LogP contribution in [0.25, 0.3) is 0 Å². The minimum atomic E-state index is -2.87. The Hall–Kier alpha value is 0.480. The summed E-state index contributed by atoms with van der Waals surface area (Å²) in [5.41, 5.74) is 0. The lowest BCUT2D eigenvalue weighted by Crippen LogP contribution is -2.33. The Balaban J connectivity index is 2.66. The van der Waals surface area contributed by atoms with Crippen LogP contribution in [0.1, 0.15) is 40.0 Å². The van der Waals surface area contributed by atoms with Gasteiger partial charge in [0.2, 0.25) is 0 Å². The fourth-order valence-corrected chi connectivity index (χ4v) is 3.51. The molecule has 0 aromatic carbocycles. The quantitative estimate of drug-likeness (QED) is 0.690. The maximum absolute atomic E-state index is 11.5. The van der Waals surface area contributed by atoms with Gasteiger partial charge in [-0.15, -0.1) is 0 Å². The fourth-order valence-electron chi connectivity index (χ4n) is 2.48. The Kier molecular flexibility index (Phi) is 4.70. The van der Waals surface area contributed by atoms with Gasteiger partial charge in [0.15, 0.2) is 0 Å². The van der Waals surface area contributed by atoms with Gasteiger partial charge in [-0.1, -0.05) is 27.2 Å². The van der Waals surface area contributed by atoms with E-state index < -0.39 is 6.72 Å². The summed E-state index contributed by atoms with van der Waals surface area (Å²) in [6.07, 6.45) is 3.49. The highest BCUT2D eigenvalue weighted by molar-refractivity contribution is 7.84. The Bertz CT molecular complexity index is 249. The number of halogens is 1. The molecule has 1 rings (SSSR count). The summed E-state index contributed by atoms with van der Waals surface area (Å²) in [6, 6.07) is 0.